The monoisotopic (exact) mass is 213 g/mol. The molecule has 0 spiro atoms. The van der Waals surface area contributed by atoms with Crippen LogP contribution in [0.4, 0.5) is 5.69 Å². The van der Waals surface area contributed by atoms with E-state index in [2.05, 4.69) is 9.97 Å². The van der Waals surface area contributed by atoms with Crippen LogP contribution >= 0.6 is 11.6 Å². The molecular formula is C9H12ClN3O. The van der Waals surface area contributed by atoms with E-state index in [1.54, 1.807) is 0 Å². The van der Waals surface area contributed by atoms with Gasteiger partial charge in [-0.1, -0.05) is 0 Å². The topological polar surface area (TPSA) is 61.0 Å². The number of halogens is 1. The summed E-state index contributed by atoms with van der Waals surface area (Å²) in [7, 11) is 0. The van der Waals surface area contributed by atoms with Gasteiger partial charge in [0.25, 0.3) is 0 Å². The minimum atomic E-state index is 0.173. The normalized spacial score (nSPS) is 17.2. The number of rotatable bonds is 2. The van der Waals surface area contributed by atoms with Gasteiger partial charge in [-0.25, -0.2) is 4.98 Å². The van der Waals surface area contributed by atoms with E-state index in [0.29, 0.717) is 11.6 Å². The molecule has 0 radical (unpaired) electrons. The van der Waals surface area contributed by atoms with Crippen LogP contribution in [0.15, 0.2) is 6.20 Å². The highest BCUT2D eigenvalue weighted by molar-refractivity contribution is 6.28. The molecule has 0 saturated heterocycles. The first-order valence-corrected chi connectivity index (χ1v) is 5.08. The molecule has 0 atom stereocenters. The van der Waals surface area contributed by atoms with Gasteiger partial charge < -0.3 is 10.5 Å². The van der Waals surface area contributed by atoms with E-state index in [1.807, 2.05) is 0 Å². The Labute approximate surface area is 87.4 Å². The van der Waals surface area contributed by atoms with E-state index in [0.717, 1.165) is 12.8 Å². The van der Waals surface area contributed by atoms with Gasteiger partial charge in [-0.3, -0.25) is 0 Å². The van der Waals surface area contributed by atoms with E-state index in [1.165, 1.54) is 19.0 Å². The maximum atomic E-state index is 5.66. The summed E-state index contributed by atoms with van der Waals surface area (Å²) in [4.78, 5) is 7.71. The number of nitrogens with two attached hydrogens (primary N) is 1. The molecular weight excluding hydrogens is 202 g/mol. The van der Waals surface area contributed by atoms with Crippen LogP contribution in [0.25, 0.3) is 0 Å². The van der Waals surface area contributed by atoms with Crippen LogP contribution < -0.4 is 10.5 Å². The molecule has 0 aromatic carbocycles. The maximum absolute atomic E-state index is 5.66. The van der Waals surface area contributed by atoms with Crippen LogP contribution in [0.2, 0.25) is 5.28 Å². The molecule has 1 aromatic heterocycles. The number of anilines is 1. The first-order valence-electron chi connectivity index (χ1n) is 4.70. The molecule has 1 saturated carbocycles. The summed E-state index contributed by atoms with van der Waals surface area (Å²) in [6.07, 6.45) is 6.28. The highest BCUT2D eigenvalue weighted by Crippen LogP contribution is 2.26. The molecule has 76 valence electrons. The largest absolute Gasteiger partial charge is 0.473 e. The van der Waals surface area contributed by atoms with Crippen molar-refractivity contribution < 1.29 is 4.74 Å². The minimum Gasteiger partial charge on any atom is -0.473 e. The lowest BCUT2D eigenvalue weighted by atomic mass is 10.3. The fourth-order valence-electron chi connectivity index (χ4n) is 1.61. The predicted molar refractivity (Wildman–Crippen MR) is 54.3 cm³/mol. The quantitative estimate of drug-likeness (QED) is 0.764. The van der Waals surface area contributed by atoms with Gasteiger partial charge in [-0.2, -0.15) is 4.98 Å². The van der Waals surface area contributed by atoms with Crippen molar-refractivity contribution in [3.63, 3.8) is 0 Å². The smallest absolute Gasteiger partial charge is 0.241 e. The fourth-order valence-corrected chi connectivity index (χ4v) is 1.74. The molecule has 2 N–H and O–H groups in total. The predicted octanol–water partition coefficient (Wildman–Crippen LogP) is 2.03. The summed E-state index contributed by atoms with van der Waals surface area (Å²) in [6, 6.07) is 0. The summed E-state index contributed by atoms with van der Waals surface area (Å²) in [5.74, 6) is 0.414. The van der Waals surface area contributed by atoms with Gasteiger partial charge in [0.15, 0.2) is 0 Å². The van der Waals surface area contributed by atoms with Gasteiger partial charge in [0.1, 0.15) is 11.8 Å². The minimum absolute atomic E-state index is 0.173. The zero-order valence-electron chi connectivity index (χ0n) is 7.74. The van der Waals surface area contributed by atoms with E-state index in [-0.39, 0.29) is 11.4 Å². The van der Waals surface area contributed by atoms with Crippen molar-refractivity contribution in [2.24, 2.45) is 0 Å². The lowest BCUT2D eigenvalue weighted by Crippen LogP contribution is -2.13. The average Bonchev–Trinajstić information content (AvgIpc) is 2.64. The zero-order chi connectivity index (χ0) is 9.97. The van der Waals surface area contributed by atoms with Crippen molar-refractivity contribution in [1.82, 2.24) is 9.97 Å². The standard InChI is InChI=1S/C9H12ClN3O/c10-9-12-5-7(11)8(13-9)14-6-3-1-2-4-6/h5-6H,1-4,11H2. The highest BCUT2D eigenvalue weighted by Gasteiger charge is 2.18. The van der Waals surface area contributed by atoms with Gasteiger partial charge in [0.05, 0.1) is 6.20 Å². The second-order valence-corrected chi connectivity index (χ2v) is 3.76. The number of hydrogen-bond donors (Lipinski definition) is 1. The molecule has 5 heteroatoms. The van der Waals surface area contributed by atoms with Crippen LogP contribution in [-0.4, -0.2) is 16.1 Å². The Morgan fingerprint density at radius 1 is 1.43 bits per heavy atom. The third-order valence-corrected chi connectivity index (χ3v) is 2.51. The molecule has 0 amide bonds. The van der Waals surface area contributed by atoms with Crippen molar-refractivity contribution in [2.45, 2.75) is 31.8 Å². The Balaban J connectivity index is 2.10. The Bertz CT molecular complexity index is 326. The van der Waals surface area contributed by atoms with Gasteiger partial charge in [0.2, 0.25) is 11.2 Å². The van der Waals surface area contributed by atoms with Gasteiger partial charge >= 0.3 is 0 Å². The molecule has 1 aliphatic carbocycles. The molecule has 2 rings (SSSR count). The lowest BCUT2D eigenvalue weighted by Gasteiger charge is -2.12. The summed E-state index contributed by atoms with van der Waals surface area (Å²) < 4.78 is 5.63. The van der Waals surface area contributed by atoms with Crippen LogP contribution in [0.3, 0.4) is 0 Å². The van der Waals surface area contributed by atoms with E-state index < -0.39 is 0 Å². The van der Waals surface area contributed by atoms with E-state index in [4.69, 9.17) is 22.1 Å². The van der Waals surface area contributed by atoms with Crippen LogP contribution in [0.1, 0.15) is 25.7 Å². The second kappa shape index (κ2) is 4.00. The zero-order valence-corrected chi connectivity index (χ0v) is 8.50. The molecule has 1 aliphatic rings. The Hall–Kier alpha value is -1.03. The number of ether oxygens (including phenoxy) is 1. The first kappa shape index (κ1) is 9.52. The highest BCUT2D eigenvalue weighted by atomic mass is 35.5. The van der Waals surface area contributed by atoms with Gasteiger partial charge in [0, 0.05) is 0 Å². The maximum Gasteiger partial charge on any atom is 0.241 e. The third-order valence-electron chi connectivity index (χ3n) is 2.33. The Morgan fingerprint density at radius 3 is 2.86 bits per heavy atom. The van der Waals surface area contributed by atoms with Crippen molar-refractivity contribution in [2.75, 3.05) is 5.73 Å². The molecule has 0 aliphatic heterocycles. The Kier molecular flexibility index (Phi) is 2.72. The Morgan fingerprint density at radius 2 is 2.14 bits per heavy atom. The molecule has 0 bridgehead atoms. The number of nitrogen functional groups attached to an aromatic ring is 1. The van der Waals surface area contributed by atoms with Gasteiger partial charge in [-0.05, 0) is 37.3 Å². The van der Waals surface area contributed by atoms with Crippen molar-refractivity contribution in [1.29, 1.82) is 0 Å². The second-order valence-electron chi connectivity index (χ2n) is 3.42. The van der Waals surface area contributed by atoms with E-state index in [9.17, 15) is 0 Å². The molecule has 1 aromatic rings. The van der Waals surface area contributed by atoms with Crippen LogP contribution in [0, 0.1) is 0 Å². The number of aromatic nitrogens is 2. The number of hydrogen-bond acceptors (Lipinski definition) is 4. The number of nitrogens with zero attached hydrogens (tertiary/aromatic N) is 2. The lowest BCUT2D eigenvalue weighted by molar-refractivity contribution is 0.202. The summed E-state index contributed by atoms with van der Waals surface area (Å²) in [5.41, 5.74) is 6.10. The average molecular weight is 214 g/mol. The SMILES string of the molecule is Nc1cnc(Cl)nc1OC1CCCC1. The molecule has 14 heavy (non-hydrogen) atoms. The van der Waals surface area contributed by atoms with Crippen LogP contribution in [0.5, 0.6) is 5.88 Å². The molecule has 1 fully saturated rings. The fraction of sp³-hybridized carbons (Fsp3) is 0.556. The first-order chi connectivity index (χ1) is 6.75. The molecule has 1 heterocycles. The molecule has 4 nitrogen and oxygen atoms in total. The summed E-state index contributed by atoms with van der Waals surface area (Å²) >= 11 is 5.64. The van der Waals surface area contributed by atoms with Gasteiger partial charge in [-0.15, -0.1) is 0 Å². The summed E-state index contributed by atoms with van der Waals surface area (Å²) in [6.45, 7) is 0. The van der Waals surface area contributed by atoms with Crippen LogP contribution in [-0.2, 0) is 0 Å². The van der Waals surface area contributed by atoms with Crippen molar-refractivity contribution >= 4 is 17.3 Å². The van der Waals surface area contributed by atoms with E-state index >= 15 is 0 Å². The molecule has 0 unspecified atom stereocenters. The van der Waals surface area contributed by atoms with Crippen molar-refractivity contribution in [3.8, 4) is 5.88 Å². The van der Waals surface area contributed by atoms with Crippen molar-refractivity contribution in [3.05, 3.63) is 11.5 Å². The summed E-state index contributed by atoms with van der Waals surface area (Å²) in [5, 5.41) is 0.173. The third kappa shape index (κ3) is 2.07.